The van der Waals surface area contributed by atoms with E-state index in [2.05, 4.69) is 13.8 Å². The van der Waals surface area contributed by atoms with Crippen LogP contribution in [0.25, 0.3) is 0 Å². The van der Waals surface area contributed by atoms with Crippen molar-refractivity contribution in [2.75, 3.05) is 19.0 Å². The first-order chi connectivity index (χ1) is 24.0. The molecule has 0 aliphatic carbocycles. The van der Waals surface area contributed by atoms with E-state index in [1.165, 1.54) is 89.9 Å². The SMILES string of the molecule is CCCCCCCCCCCCCC(=O)OCC(CO[C@H]1OC(CS(=O)(=O)O)[C@@H](O)[C@@H](O)C1O)OC(=O)CCCCCCCCCCCCC. The summed E-state index contributed by atoms with van der Waals surface area (Å²) in [4.78, 5) is 25.2. The molecule has 13 heteroatoms. The summed E-state index contributed by atoms with van der Waals surface area (Å²) in [5.74, 6) is -1.97. The van der Waals surface area contributed by atoms with E-state index in [0.717, 1.165) is 38.5 Å². The molecular weight excluding hydrogens is 668 g/mol. The molecule has 1 heterocycles. The zero-order valence-corrected chi connectivity index (χ0v) is 31.8. The molecule has 296 valence electrons. The number of ether oxygens (including phenoxy) is 4. The lowest BCUT2D eigenvalue weighted by atomic mass is 10.00. The minimum Gasteiger partial charge on any atom is -0.462 e. The monoisotopic (exact) mass is 738 g/mol. The lowest BCUT2D eigenvalue weighted by molar-refractivity contribution is -0.297. The van der Waals surface area contributed by atoms with E-state index in [-0.39, 0.29) is 19.4 Å². The van der Waals surface area contributed by atoms with Crippen LogP contribution in [0.1, 0.15) is 168 Å². The Bertz CT molecular complexity index is 962. The van der Waals surface area contributed by atoms with Gasteiger partial charge in [0.2, 0.25) is 0 Å². The zero-order valence-electron chi connectivity index (χ0n) is 31.0. The Labute approximate surface area is 302 Å². The molecule has 0 bridgehead atoms. The molecule has 1 saturated heterocycles. The lowest BCUT2D eigenvalue weighted by Crippen LogP contribution is -2.60. The summed E-state index contributed by atoms with van der Waals surface area (Å²) in [6, 6.07) is 0. The molecule has 0 aromatic heterocycles. The van der Waals surface area contributed by atoms with Crippen LogP contribution in [0.3, 0.4) is 0 Å². The standard InChI is InChI=1S/C37H70O12S/c1-3-5-7-9-11-13-15-17-19-21-23-25-32(38)46-27-30(48-33(39)26-24-22-20-18-16-14-12-10-8-6-4-2)28-47-37-36(42)35(41)34(40)31(49-37)29-50(43,44)45/h30-31,34-37,40-42H,3-29H2,1-2H3,(H,43,44,45)/t30?,31?,34-,35-,36?,37+/m1/s1. The topological polar surface area (TPSA) is 186 Å². The molecule has 1 aliphatic rings. The largest absolute Gasteiger partial charge is 0.462 e. The van der Waals surface area contributed by atoms with Crippen molar-refractivity contribution in [3.05, 3.63) is 0 Å². The van der Waals surface area contributed by atoms with Gasteiger partial charge >= 0.3 is 11.9 Å². The fourth-order valence-corrected chi connectivity index (χ4v) is 6.78. The van der Waals surface area contributed by atoms with Gasteiger partial charge in [0.15, 0.2) is 12.4 Å². The smallest absolute Gasteiger partial charge is 0.306 e. The maximum absolute atomic E-state index is 12.7. The van der Waals surface area contributed by atoms with Gasteiger partial charge in [-0.15, -0.1) is 0 Å². The summed E-state index contributed by atoms with van der Waals surface area (Å²) >= 11 is 0. The van der Waals surface area contributed by atoms with Gasteiger partial charge in [-0.2, -0.15) is 8.42 Å². The van der Waals surface area contributed by atoms with Crippen LogP contribution in [-0.4, -0.2) is 96.0 Å². The molecule has 1 fully saturated rings. The lowest BCUT2D eigenvalue weighted by Gasteiger charge is -2.40. The third-order valence-corrected chi connectivity index (χ3v) is 9.94. The highest BCUT2D eigenvalue weighted by Gasteiger charge is 2.46. The van der Waals surface area contributed by atoms with Crippen molar-refractivity contribution >= 4 is 22.1 Å². The number of hydrogen-bond acceptors (Lipinski definition) is 11. The number of aliphatic hydroxyl groups is 3. The van der Waals surface area contributed by atoms with E-state index in [4.69, 9.17) is 18.9 Å². The predicted octanol–water partition coefficient (Wildman–Crippen LogP) is 6.56. The normalized spacial score (nSPS) is 21.6. The van der Waals surface area contributed by atoms with Crippen LogP contribution in [-0.2, 0) is 38.7 Å². The molecule has 4 N–H and O–H groups in total. The van der Waals surface area contributed by atoms with Gasteiger partial charge < -0.3 is 34.3 Å². The molecule has 0 spiro atoms. The first-order valence-corrected chi connectivity index (χ1v) is 21.2. The average Bonchev–Trinajstić information content (AvgIpc) is 3.07. The Hall–Kier alpha value is -1.35. The fraction of sp³-hybridized carbons (Fsp3) is 0.946. The molecule has 0 aromatic rings. The maximum Gasteiger partial charge on any atom is 0.306 e. The van der Waals surface area contributed by atoms with Crippen molar-refractivity contribution in [2.45, 2.75) is 205 Å². The van der Waals surface area contributed by atoms with Crippen LogP contribution in [0.15, 0.2) is 0 Å². The number of unbranched alkanes of at least 4 members (excludes halogenated alkanes) is 20. The second-order valence-corrected chi connectivity index (χ2v) is 15.5. The number of esters is 2. The number of hydrogen-bond donors (Lipinski definition) is 4. The third kappa shape index (κ3) is 24.0. The van der Waals surface area contributed by atoms with Gasteiger partial charge in [0.1, 0.15) is 36.8 Å². The summed E-state index contributed by atoms with van der Waals surface area (Å²) in [5, 5.41) is 30.7. The Morgan fingerprint density at radius 1 is 0.600 bits per heavy atom. The molecule has 0 amide bonds. The van der Waals surface area contributed by atoms with E-state index in [1.54, 1.807) is 0 Å². The highest BCUT2D eigenvalue weighted by molar-refractivity contribution is 7.85. The fourth-order valence-electron chi connectivity index (χ4n) is 6.09. The Morgan fingerprint density at radius 3 is 1.46 bits per heavy atom. The molecule has 0 radical (unpaired) electrons. The third-order valence-electron chi connectivity index (χ3n) is 9.19. The predicted molar refractivity (Wildman–Crippen MR) is 192 cm³/mol. The highest BCUT2D eigenvalue weighted by atomic mass is 32.2. The van der Waals surface area contributed by atoms with E-state index < -0.39 is 71.2 Å². The van der Waals surface area contributed by atoms with Crippen LogP contribution in [0.2, 0.25) is 0 Å². The summed E-state index contributed by atoms with van der Waals surface area (Å²) in [5.41, 5.74) is 0. The van der Waals surface area contributed by atoms with Crippen LogP contribution < -0.4 is 0 Å². The number of aliphatic hydroxyl groups excluding tert-OH is 3. The van der Waals surface area contributed by atoms with E-state index in [0.29, 0.717) is 12.8 Å². The molecule has 1 rings (SSSR count). The Morgan fingerprint density at radius 2 is 1.02 bits per heavy atom. The minimum absolute atomic E-state index is 0.171. The molecule has 3 unspecified atom stereocenters. The second-order valence-electron chi connectivity index (χ2n) is 14.0. The first-order valence-electron chi connectivity index (χ1n) is 19.6. The summed E-state index contributed by atoms with van der Waals surface area (Å²) in [7, 11) is -4.59. The molecule has 50 heavy (non-hydrogen) atoms. The van der Waals surface area contributed by atoms with Crippen molar-refractivity contribution in [2.24, 2.45) is 0 Å². The van der Waals surface area contributed by atoms with Crippen LogP contribution in [0.4, 0.5) is 0 Å². The highest BCUT2D eigenvalue weighted by Crippen LogP contribution is 2.24. The van der Waals surface area contributed by atoms with Gasteiger partial charge in [0.05, 0.1) is 6.61 Å². The van der Waals surface area contributed by atoms with Crippen LogP contribution in [0, 0.1) is 0 Å². The molecule has 1 aliphatic heterocycles. The first kappa shape index (κ1) is 46.7. The molecule has 0 saturated carbocycles. The van der Waals surface area contributed by atoms with Gasteiger partial charge in [0.25, 0.3) is 10.1 Å². The van der Waals surface area contributed by atoms with Gasteiger partial charge in [-0.05, 0) is 12.8 Å². The van der Waals surface area contributed by atoms with Crippen molar-refractivity contribution in [3.63, 3.8) is 0 Å². The minimum atomic E-state index is -4.59. The van der Waals surface area contributed by atoms with E-state index >= 15 is 0 Å². The average molecular weight is 739 g/mol. The molecular formula is C37H70O12S. The van der Waals surface area contributed by atoms with Crippen molar-refractivity contribution in [1.29, 1.82) is 0 Å². The summed E-state index contributed by atoms with van der Waals surface area (Å²) in [6.45, 7) is 3.72. The van der Waals surface area contributed by atoms with Crippen LogP contribution >= 0.6 is 0 Å². The molecule has 0 aromatic carbocycles. The van der Waals surface area contributed by atoms with Gasteiger partial charge in [-0.1, -0.05) is 142 Å². The van der Waals surface area contributed by atoms with Crippen molar-refractivity contribution < 1.29 is 56.8 Å². The van der Waals surface area contributed by atoms with Gasteiger partial charge in [-0.25, -0.2) is 0 Å². The summed E-state index contributed by atoms with van der Waals surface area (Å²) in [6.07, 6.45) is 15.9. The van der Waals surface area contributed by atoms with Crippen molar-refractivity contribution in [3.8, 4) is 0 Å². The molecule has 6 atom stereocenters. The van der Waals surface area contributed by atoms with Gasteiger partial charge in [0, 0.05) is 12.8 Å². The molecule has 12 nitrogen and oxygen atoms in total. The van der Waals surface area contributed by atoms with Crippen LogP contribution in [0.5, 0.6) is 0 Å². The summed E-state index contributed by atoms with van der Waals surface area (Å²) < 4.78 is 53.8. The second kappa shape index (κ2) is 29.1. The number of carbonyl (C=O) groups is 2. The quantitative estimate of drug-likeness (QED) is 0.0332. The van der Waals surface area contributed by atoms with Crippen molar-refractivity contribution in [1.82, 2.24) is 0 Å². The number of rotatable bonds is 32. The Balaban J connectivity index is 2.52. The van der Waals surface area contributed by atoms with E-state index in [1.807, 2.05) is 0 Å². The number of carbonyl (C=O) groups excluding carboxylic acids is 2. The zero-order chi connectivity index (χ0) is 37.0. The Kier molecular flexibility index (Phi) is 27.2. The van der Waals surface area contributed by atoms with Gasteiger partial charge in [-0.3, -0.25) is 14.1 Å². The van der Waals surface area contributed by atoms with E-state index in [9.17, 15) is 37.9 Å². The maximum atomic E-state index is 12.7.